The fourth-order valence-corrected chi connectivity index (χ4v) is 2.25. The minimum atomic E-state index is -0.223. The summed E-state index contributed by atoms with van der Waals surface area (Å²) in [5, 5.41) is 17.3. The van der Waals surface area contributed by atoms with Gasteiger partial charge in [-0.25, -0.2) is 4.68 Å². The van der Waals surface area contributed by atoms with Crippen molar-refractivity contribution < 1.29 is 9.90 Å². The Balaban J connectivity index is 0.00000161. The molecule has 1 aliphatic heterocycles. The van der Waals surface area contributed by atoms with E-state index in [1.165, 1.54) is 10.9 Å². The highest BCUT2D eigenvalue weighted by Gasteiger charge is 2.24. The van der Waals surface area contributed by atoms with Crippen LogP contribution in [0.4, 0.5) is 0 Å². The van der Waals surface area contributed by atoms with Gasteiger partial charge in [-0.3, -0.25) is 4.79 Å². The summed E-state index contributed by atoms with van der Waals surface area (Å²) in [7, 11) is 0. The van der Waals surface area contributed by atoms with E-state index in [2.05, 4.69) is 10.4 Å². The first-order valence-electron chi connectivity index (χ1n) is 6.60. The molecule has 0 radical (unpaired) electrons. The molecule has 1 aromatic heterocycles. The molecule has 0 atom stereocenters. The fraction of sp³-hybridized carbons (Fsp3) is 0.286. The Kier molecular flexibility index (Phi) is 4.82. The topological polar surface area (TPSA) is 70.4 Å². The molecule has 2 aromatic rings. The van der Waals surface area contributed by atoms with Gasteiger partial charge in [0.05, 0.1) is 11.9 Å². The summed E-state index contributed by atoms with van der Waals surface area (Å²) in [5.41, 5.74) is 0.915. The number of halogens is 1. The quantitative estimate of drug-likeness (QED) is 0.870. The van der Waals surface area contributed by atoms with Gasteiger partial charge in [-0.15, -0.1) is 12.4 Å². The zero-order valence-electron chi connectivity index (χ0n) is 11.4. The normalized spacial score (nSPS) is 14.6. The Hall–Kier alpha value is -2.05. The first-order valence-corrected chi connectivity index (χ1v) is 6.60. The summed E-state index contributed by atoms with van der Waals surface area (Å²) in [6.07, 6.45) is 1.46. The molecule has 0 aliphatic carbocycles. The van der Waals surface area contributed by atoms with Crippen molar-refractivity contribution in [3.63, 3.8) is 0 Å². The van der Waals surface area contributed by atoms with Crippen LogP contribution in [0.25, 0.3) is 5.69 Å². The predicted octanol–water partition coefficient (Wildman–Crippen LogP) is 1.05. The zero-order chi connectivity index (χ0) is 13.9. The second-order valence-corrected chi connectivity index (χ2v) is 4.69. The molecule has 2 heterocycles. The number of amides is 1. The van der Waals surface area contributed by atoms with Crippen LogP contribution in [0.1, 0.15) is 10.5 Å². The molecule has 1 saturated heterocycles. The van der Waals surface area contributed by atoms with E-state index in [0.29, 0.717) is 13.1 Å². The van der Waals surface area contributed by atoms with Gasteiger partial charge in [-0.05, 0) is 12.1 Å². The number of carbonyl (C=O) groups excluding carboxylic acids is 1. The molecule has 1 aromatic carbocycles. The molecule has 1 aliphatic rings. The summed E-state index contributed by atoms with van der Waals surface area (Å²) < 4.78 is 1.52. The van der Waals surface area contributed by atoms with Crippen LogP contribution < -0.4 is 5.32 Å². The third-order valence-corrected chi connectivity index (χ3v) is 3.32. The molecule has 6 nitrogen and oxygen atoms in total. The van der Waals surface area contributed by atoms with Crippen LogP contribution in [0.2, 0.25) is 0 Å². The summed E-state index contributed by atoms with van der Waals surface area (Å²) in [5.74, 6) is -0.309. The number of benzene rings is 1. The lowest BCUT2D eigenvalue weighted by Gasteiger charge is -2.26. The highest BCUT2D eigenvalue weighted by atomic mass is 35.5. The minimum absolute atomic E-state index is 0. The number of piperazine rings is 1. The van der Waals surface area contributed by atoms with Crippen molar-refractivity contribution in [2.75, 3.05) is 26.2 Å². The lowest BCUT2D eigenvalue weighted by atomic mass is 10.3. The van der Waals surface area contributed by atoms with Crippen molar-refractivity contribution in [3.8, 4) is 11.4 Å². The molecule has 3 rings (SSSR count). The van der Waals surface area contributed by atoms with Gasteiger partial charge in [0, 0.05) is 26.2 Å². The van der Waals surface area contributed by atoms with Gasteiger partial charge in [0.15, 0.2) is 11.4 Å². The number of hydrogen-bond donors (Lipinski definition) is 2. The van der Waals surface area contributed by atoms with Gasteiger partial charge in [0.25, 0.3) is 5.91 Å². The van der Waals surface area contributed by atoms with Crippen molar-refractivity contribution >= 4 is 18.3 Å². The zero-order valence-corrected chi connectivity index (χ0v) is 12.2. The van der Waals surface area contributed by atoms with E-state index >= 15 is 0 Å². The Morgan fingerprint density at radius 3 is 2.52 bits per heavy atom. The van der Waals surface area contributed by atoms with Crippen molar-refractivity contribution in [2.45, 2.75) is 0 Å². The van der Waals surface area contributed by atoms with Gasteiger partial charge in [0.1, 0.15) is 0 Å². The van der Waals surface area contributed by atoms with E-state index in [4.69, 9.17) is 0 Å². The number of aromatic nitrogens is 2. The smallest absolute Gasteiger partial charge is 0.278 e. The highest BCUT2D eigenvalue weighted by Crippen LogP contribution is 2.19. The lowest BCUT2D eigenvalue weighted by molar-refractivity contribution is 0.0726. The van der Waals surface area contributed by atoms with Crippen LogP contribution in [0, 0.1) is 0 Å². The van der Waals surface area contributed by atoms with E-state index in [9.17, 15) is 9.90 Å². The van der Waals surface area contributed by atoms with Crippen LogP contribution in [-0.2, 0) is 0 Å². The molecular formula is C14H17ClN4O2. The molecular weight excluding hydrogens is 292 g/mol. The molecule has 1 amide bonds. The Labute approximate surface area is 128 Å². The largest absolute Gasteiger partial charge is 0.504 e. The molecule has 2 N–H and O–H groups in total. The van der Waals surface area contributed by atoms with E-state index in [1.54, 1.807) is 4.90 Å². The van der Waals surface area contributed by atoms with Gasteiger partial charge in [-0.1, -0.05) is 18.2 Å². The monoisotopic (exact) mass is 308 g/mol. The second-order valence-electron chi connectivity index (χ2n) is 4.69. The minimum Gasteiger partial charge on any atom is -0.504 e. The number of aromatic hydroxyl groups is 1. The van der Waals surface area contributed by atoms with Crippen molar-refractivity contribution in [2.24, 2.45) is 0 Å². The van der Waals surface area contributed by atoms with Crippen molar-refractivity contribution in [1.82, 2.24) is 20.0 Å². The SMILES string of the molecule is Cl.O=C(c1nn(-c2ccccc2)cc1O)N1CCNCC1. The summed E-state index contributed by atoms with van der Waals surface area (Å²) in [6.45, 7) is 2.81. The van der Waals surface area contributed by atoms with Crippen molar-refractivity contribution in [3.05, 3.63) is 42.2 Å². The van der Waals surface area contributed by atoms with E-state index in [1.807, 2.05) is 30.3 Å². The number of para-hydroxylation sites is 1. The van der Waals surface area contributed by atoms with E-state index < -0.39 is 0 Å². The van der Waals surface area contributed by atoms with Gasteiger partial charge in [-0.2, -0.15) is 5.10 Å². The Morgan fingerprint density at radius 2 is 1.86 bits per heavy atom. The van der Waals surface area contributed by atoms with Crippen LogP contribution in [0.15, 0.2) is 36.5 Å². The molecule has 0 bridgehead atoms. The maximum Gasteiger partial charge on any atom is 0.278 e. The van der Waals surface area contributed by atoms with Crippen LogP contribution >= 0.6 is 12.4 Å². The maximum absolute atomic E-state index is 12.3. The Morgan fingerprint density at radius 1 is 1.19 bits per heavy atom. The lowest BCUT2D eigenvalue weighted by Crippen LogP contribution is -2.46. The van der Waals surface area contributed by atoms with Gasteiger partial charge < -0.3 is 15.3 Å². The van der Waals surface area contributed by atoms with Crippen molar-refractivity contribution in [1.29, 1.82) is 0 Å². The third-order valence-electron chi connectivity index (χ3n) is 3.32. The van der Waals surface area contributed by atoms with Crippen LogP contribution in [0.3, 0.4) is 0 Å². The first kappa shape index (κ1) is 15.3. The van der Waals surface area contributed by atoms with E-state index in [-0.39, 0.29) is 29.8 Å². The van der Waals surface area contributed by atoms with Gasteiger partial charge >= 0.3 is 0 Å². The molecule has 0 saturated carbocycles. The van der Waals surface area contributed by atoms with Crippen LogP contribution in [-0.4, -0.2) is 51.9 Å². The molecule has 0 unspecified atom stereocenters. The average Bonchev–Trinajstić information content (AvgIpc) is 2.90. The highest BCUT2D eigenvalue weighted by molar-refractivity contribution is 5.94. The molecule has 21 heavy (non-hydrogen) atoms. The first-order chi connectivity index (χ1) is 9.75. The van der Waals surface area contributed by atoms with Crippen LogP contribution in [0.5, 0.6) is 5.75 Å². The molecule has 1 fully saturated rings. The Bertz CT molecular complexity index is 609. The predicted molar refractivity (Wildman–Crippen MR) is 81.3 cm³/mol. The number of rotatable bonds is 2. The summed E-state index contributed by atoms with van der Waals surface area (Å²) in [4.78, 5) is 14.0. The number of carbonyl (C=O) groups is 1. The number of nitrogens with one attached hydrogen (secondary N) is 1. The van der Waals surface area contributed by atoms with Gasteiger partial charge in [0.2, 0.25) is 0 Å². The summed E-state index contributed by atoms with van der Waals surface area (Å²) >= 11 is 0. The molecule has 0 spiro atoms. The number of nitrogens with zero attached hydrogens (tertiary/aromatic N) is 3. The maximum atomic E-state index is 12.3. The summed E-state index contributed by atoms with van der Waals surface area (Å²) in [6, 6.07) is 9.40. The fourth-order valence-electron chi connectivity index (χ4n) is 2.25. The van der Waals surface area contributed by atoms with E-state index in [0.717, 1.165) is 18.8 Å². The second kappa shape index (κ2) is 6.60. The average molecular weight is 309 g/mol. The standard InChI is InChI=1S/C14H16N4O2.ClH/c19-12-10-18(11-4-2-1-3-5-11)16-13(12)14(20)17-8-6-15-7-9-17;/h1-5,10,15,19H,6-9H2;1H. The number of hydrogen-bond acceptors (Lipinski definition) is 4. The third kappa shape index (κ3) is 3.17. The molecule has 112 valence electrons. The molecule has 7 heteroatoms.